The lowest BCUT2D eigenvalue weighted by Crippen LogP contribution is -2.35. The van der Waals surface area contributed by atoms with Gasteiger partial charge in [-0.25, -0.2) is 0 Å². The van der Waals surface area contributed by atoms with Gasteiger partial charge in [-0.3, -0.25) is 0 Å². The van der Waals surface area contributed by atoms with Crippen molar-refractivity contribution in [2.75, 3.05) is 13.7 Å². The van der Waals surface area contributed by atoms with Crippen LogP contribution in [-0.4, -0.2) is 19.7 Å². The van der Waals surface area contributed by atoms with E-state index in [0.717, 1.165) is 23.8 Å². The summed E-state index contributed by atoms with van der Waals surface area (Å²) in [4.78, 5) is 0. The first-order chi connectivity index (χ1) is 9.78. The summed E-state index contributed by atoms with van der Waals surface area (Å²) in [6, 6.07) is 16.7. The molecule has 104 valence electrons. The molecule has 3 heteroatoms. The zero-order chi connectivity index (χ0) is 13.9. The highest BCUT2D eigenvalue weighted by atomic mass is 35.5. The molecule has 2 aromatic rings. The molecule has 0 saturated carbocycles. The van der Waals surface area contributed by atoms with Gasteiger partial charge in [0.15, 0.2) is 0 Å². The third-order valence-corrected chi connectivity index (χ3v) is 4.17. The predicted octanol–water partition coefficient (Wildman–Crippen LogP) is 3.65. The van der Waals surface area contributed by atoms with Crippen LogP contribution in [0.3, 0.4) is 0 Å². The molecule has 0 radical (unpaired) electrons. The fourth-order valence-electron chi connectivity index (χ4n) is 2.88. The average Bonchev–Trinajstić information content (AvgIpc) is 2.89. The van der Waals surface area contributed by atoms with E-state index in [4.69, 9.17) is 16.3 Å². The van der Waals surface area contributed by atoms with Crippen molar-refractivity contribution in [1.82, 2.24) is 5.32 Å². The highest BCUT2D eigenvalue weighted by Gasteiger charge is 2.30. The Bertz CT molecular complexity index is 599. The van der Waals surface area contributed by atoms with Crippen molar-refractivity contribution in [2.24, 2.45) is 0 Å². The molecule has 0 bridgehead atoms. The predicted molar refractivity (Wildman–Crippen MR) is 82.7 cm³/mol. The maximum absolute atomic E-state index is 6.07. The van der Waals surface area contributed by atoms with Crippen molar-refractivity contribution >= 4 is 11.6 Å². The van der Waals surface area contributed by atoms with Crippen LogP contribution in [0.15, 0.2) is 48.5 Å². The topological polar surface area (TPSA) is 21.3 Å². The molecule has 2 aromatic carbocycles. The first kappa shape index (κ1) is 13.5. The van der Waals surface area contributed by atoms with E-state index in [9.17, 15) is 0 Å². The summed E-state index contributed by atoms with van der Waals surface area (Å²) in [5, 5.41) is 4.22. The van der Waals surface area contributed by atoms with Crippen LogP contribution in [0, 0.1) is 0 Å². The molecule has 0 aliphatic carbocycles. The fourth-order valence-corrected chi connectivity index (χ4v) is 3.10. The normalized spacial score (nSPS) is 18.4. The summed E-state index contributed by atoms with van der Waals surface area (Å²) in [5.74, 6) is 1.40. The number of nitrogens with one attached hydrogen (secondary N) is 1. The fraction of sp³-hybridized carbons (Fsp3) is 0.294. The van der Waals surface area contributed by atoms with Crippen LogP contribution in [0.5, 0.6) is 5.75 Å². The van der Waals surface area contributed by atoms with E-state index in [1.807, 2.05) is 37.4 Å². The quantitative estimate of drug-likeness (QED) is 0.927. The van der Waals surface area contributed by atoms with Crippen molar-refractivity contribution in [3.8, 4) is 5.75 Å². The number of likely N-dealkylation sites (N-methyl/N-ethyl adjacent to an activating group) is 1. The molecule has 1 aliphatic heterocycles. The van der Waals surface area contributed by atoms with Gasteiger partial charge in [0.25, 0.3) is 0 Å². The smallest absolute Gasteiger partial charge is 0.122 e. The van der Waals surface area contributed by atoms with Crippen LogP contribution in [0.1, 0.15) is 17.0 Å². The van der Waals surface area contributed by atoms with Crippen LogP contribution in [0.4, 0.5) is 0 Å². The zero-order valence-corrected chi connectivity index (χ0v) is 12.2. The molecular formula is C17H18ClNO. The van der Waals surface area contributed by atoms with E-state index in [-0.39, 0.29) is 0 Å². The van der Waals surface area contributed by atoms with Gasteiger partial charge in [0.2, 0.25) is 0 Å². The molecule has 2 unspecified atom stereocenters. The molecule has 1 heterocycles. The molecule has 2 nitrogen and oxygen atoms in total. The number of benzene rings is 2. The standard InChI is InChI=1S/C17H18ClNO/c1-19-16(10-12-5-4-6-13(18)9-12)15-11-20-17-8-3-2-7-14(15)17/h2-9,15-16,19H,10-11H2,1H3. The van der Waals surface area contributed by atoms with Crippen LogP contribution < -0.4 is 10.1 Å². The molecule has 0 saturated heterocycles. The summed E-state index contributed by atoms with van der Waals surface area (Å²) in [6.45, 7) is 0.741. The van der Waals surface area contributed by atoms with Gasteiger partial charge in [-0.15, -0.1) is 0 Å². The van der Waals surface area contributed by atoms with Gasteiger partial charge in [-0.2, -0.15) is 0 Å². The lowest BCUT2D eigenvalue weighted by atomic mass is 9.89. The molecule has 2 atom stereocenters. The lowest BCUT2D eigenvalue weighted by molar-refractivity contribution is 0.302. The molecule has 0 amide bonds. The lowest BCUT2D eigenvalue weighted by Gasteiger charge is -2.22. The SMILES string of the molecule is CNC(Cc1cccc(Cl)c1)C1COc2ccccc21. The molecule has 20 heavy (non-hydrogen) atoms. The zero-order valence-electron chi connectivity index (χ0n) is 11.5. The number of ether oxygens (including phenoxy) is 1. The maximum atomic E-state index is 6.07. The van der Waals surface area contributed by atoms with E-state index in [1.165, 1.54) is 11.1 Å². The Labute approximate surface area is 124 Å². The third kappa shape index (κ3) is 2.67. The van der Waals surface area contributed by atoms with Gasteiger partial charge in [0, 0.05) is 22.5 Å². The second kappa shape index (κ2) is 5.86. The van der Waals surface area contributed by atoms with Crippen molar-refractivity contribution in [1.29, 1.82) is 0 Å². The minimum atomic E-state index is 0.345. The summed E-state index contributed by atoms with van der Waals surface area (Å²) < 4.78 is 5.79. The first-order valence-corrected chi connectivity index (χ1v) is 7.29. The molecule has 0 aromatic heterocycles. The Morgan fingerprint density at radius 2 is 2.10 bits per heavy atom. The second-order valence-electron chi connectivity index (χ2n) is 5.18. The minimum Gasteiger partial charge on any atom is -0.493 e. The van der Waals surface area contributed by atoms with Crippen LogP contribution in [-0.2, 0) is 6.42 Å². The number of rotatable bonds is 4. The number of para-hydroxylation sites is 1. The average molecular weight is 288 g/mol. The van der Waals surface area contributed by atoms with E-state index in [2.05, 4.69) is 23.5 Å². The number of hydrogen-bond acceptors (Lipinski definition) is 2. The Kier molecular flexibility index (Phi) is 3.95. The Hall–Kier alpha value is -1.51. The number of fused-ring (bicyclic) bond motifs is 1. The highest BCUT2D eigenvalue weighted by molar-refractivity contribution is 6.30. The molecule has 0 spiro atoms. The van der Waals surface area contributed by atoms with Crippen molar-refractivity contribution in [2.45, 2.75) is 18.4 Å². The molecule has 3 rings (SSSR count). The van der Waals surface area contributed by atoms with Gasteiger partial charge in [0.1, 0.15) is 5.75 Å². The molecular weight excluding hydrogens is 270 g/mol. The number of halogens is 1. The van der Waals surface area contributed by atoms with Gasteiger partial charge < -0.3 is 10.1 Å². The van der Waals surface area contributed by atoms with Crippen molar-refractivity contribution < 1.29 is 4.74 Å². The monoisotopic (exact) mass is 287 g/mol. The molecule has 1 N–H and O–H groups in total. The second-order valence-corrected chi connectivity index (χ2v) is 5.62. The molecule has 1 aliphatic rings. The summed E-state index contributed by atoms with van der Waals surface area (Å²) in [5.41, 5.74) is 2.55. The van der Waals surface area contributed by atoms with Gasteiger partial charge in [-0.05, 0) is 37.2 Å². The Morgan fingerprint density at radius 3 is 2.90 bits per heavy atom. The van der Waals surface area contributed by atoms with Gasteiger partial charge in [0.05, 0.1) is 6.61 Å². The van der Waals surface area contributed by atoms with Crippen LogP contribution in [0.2, 0.25) is 5.02 Å². The minimum absolute atomic E-state index is 0.345. The first-order valence-electron chi connectivity index (χ1n) is 6.91. The van der Waals surface area contributed by atoms with Gasteiger partial charge in [-0.1, -0.05) is 41.9 Å². The van der Waals surface area contributed by atoms with E-state index in [0.29, 0.717) is 12.0 Å². The largest absolute Gasteiger partial charge is 0.493 e. The number of hydrogen-bond donors (Lipinski definition) is 1. The van der Waals surface area contributed by atoms with E-state index in [1.54, 1.807) is 0 Å². The maximum Gasteiger partial charge on any atom is 0.122 e. The molecule has 0 fully saturated rings. The van der Waals surface area contributed by atoms with Crippen molar-refractivity contribution in [3.63, 3.8) is 0 Å². The van der Waals surface area contributed by atoms with Gasteiger partial charge >= 0.3 is 0 Å². The summed E-state index contributed by atoms with van der Waals surface area (Å²) in [6.07, 6.45) is 0.944. The van der Waals surface area contributed by atoms with E-state index >= 15 is 0 Å². The van der Waals surface area contributed by atoms with Crippen LogP contribution in [0.25, 0.3) is 0 Å². The highest BCUT2D eigenvalue weighted by Crippen LogP contribution is 2.36. The summed E-state index contributed by atoms with van der Waals surface area (Å²) >= 11 is 6.07. The van der Waals surface area contributed by atoms with Crippen LogP contribution >= 0.6 is 11.6 Å². The summed E-state index contributed by atoms with van der Waals surface area (Å²) in [7, 11) is 2.01. The Morgan fingerprint density at radius 1 is 1.25 bits per heavy atom. The van der Waals surface area contributed by atoms with E-state index < -0.39 is 0 Å². The Balaban J connectivity index is 1.81. The van der Waals surface area contributed by atoms with Crippen molar-refractivity contribution in [3.05, 3.63) is 64.7 Å². The third-order valence-electron chi connectivity index (χ3n) is 3.94.